The quantitative estimate of drug-likeness (QED) is 0.535. The van der Waals surface area contributed by atoms with Gasteiger partial charge in [0, 0.05) is 53.3 Å². The number of nitrogens with zero attached hydrogens (tertiary/aromatic N) is 1. The van der Waals surface area contributed by atoms with E-state index in [4.69, 9.17) is 28.6 Å². The number of rotatable bonds is 5. The standard InChI is InChI=1S/C5H12ClNO4S.Cl2O2S/c1-7(12(6,8)9)4-5(10-2)11-3;1-5(2,3)4/h5H,4H2,1-3H3;. The first kappa shape index (κ1) is 20.0. The maximum absolute atomic E-state index is 10.7. The van der Waals surface area contributed by atoms with Gasteiger partial charge in [-0.25, -0.2) is 0 Å². The Balaban J connectivity index is 0. The maximum Gasteiger partial charge on any atom is 0.317 e. The number of halogens is 3. The monoisotopic (exact) mass is 351 g/mol. The van der Waals surface area contributed by atoms with Crippen molar-refractivity contribution in [1.29, 1.82) is 0 Å². The van der Waals surface area contributed by atoms with Gasteiger partial charge in [0.1, 0.15) is 0 Å². The van der Waals surface area contributed by atoms with E-state index >= 15 is 0 Å². The SMILES string of the molecule is COC(CN(C)S(=O)(=O)Cl)OC.O=S(=O)(Cl)Cl. The van der Waals surface area contributed by atoms with E-state index in [9.17, 15) is 8.42 Å². The molecule has 0 aromatic rings. The van der Waals surface area contributed by atoms with Gasteiger partial charge in [-0.1, -0.05) is 0 Å². The Bertz CT molecular complexity index is 384. The van der Waals surface area contributed by atoms with Crippen LogP contribution in [0.5, 0.6) is 0 Å². The molecule has 0 aromatic carbocycles. The van der Waals surface area contributed by atoms with Crippen LogP contribution in [0.15, 0.2) is 0 Å². The minimum Gasteiger partial charge on any atom is -0.354 e. The van der Waals surface area contributed by atoms with Crippen LogP contribution in [0.2, 0.25) is 0 Å². The zero-order valence-electron chi connectivity index (χ0n) is 9.13. The fraction of sp³-hybridized carbons (Fsp3) is 1.00. The van der Waals surface area contributed by atoms with E-state index in [1.807, 2.05) is 0 Å². The van der Waals surface area contributed by atoms with Crippen molar-refractivity contribution in [3.05, 3.63) is 0 Å². The summed E-state index contributed by atoms with van der Waals surface area (Å²) in [7, 11) is 10.3. The highest BCUT2D eigenvalue weighted by molar-refractivity contribution is 8.31. The highest BCUT2D eigenvalue weighted by Crippen LogP contribution is 2.05. The third kappa shape index (κ3) is 16.6. The number of hydrogen-bond donors (Lipinski definition) is 0. The summed E-state index contributed by atoms with van der Waals surface area (Å²) < 4.78 is 50.2. The first-order valence-corrected chi connectivity index (χ1v) is 9.17. The number of ether oxygens (including phenoxy) is 2. The second-order valence-corrected chi connectivity index (χ2v) is 8.79. The molecular weight excluding hydrogens is 341 g/mol. The average molecular weight is 353 g/mol. The molecule has 7 nitrogen and oxygen atoms in total. The van der Waals surface area contributed by atoms with E-state index in [-0.39, 0.29) is 6.54 Å². The predicted molar refractivity (Wildman–Crippen MR) is 65.8 cm³/mol. The molecule has 0 aromatic heterocycles. The summed E-state index contributed by atoms with van der Waals surface area (Å²) in [6.07, 6.45) is -0.594. The van der Waals surface area contributed by atoms with Crippen LogP contribution in [-0.2, 0) is 27.0 Å². The van der Waals surface area contributed by atoms with Crippen molar-refractivity contribution in [2.45, 2.75) is 6.29 Å². The van der Waals surface area contributed by atoms with E-state index in [0.717, 1.165) is 4.31 Å². The summed E-state index contributed by atoms with van der Waals surface area (Å²) in [5, 5.41) is 0. The van der Waals surface area contributed by atoms with E-state index in [2.05, 4.69) is 21.4 Å². The second-order valence-electron chi connectivity index (χ2n) is 2.50. The first-order valence-electron chi connectivity index (χ1n) is 3.77. The lowest BCUT2D eigenvalue weighted by Gasteiger charge is -2.18. The normalized spacial score (nSPS) is 12.5. The van der Waals surface area contributed by atoms with E-state index in [1.165, 1.54) is 21.3 Å². The molecule has 0 aliphatic rings. The zero-order valence-corrected chi connectivity index (χ0v) is 13.0. The van der Waals surface area contributed by atoms with Crippen LogP contribution in [0.1, 0.15) is 0 Å². The lowest BCUT2D eigenvalue weighted by Crippen LogP contribution is -2.33. The van der Waals surface area contributed by atoms with Crippen molar-refractivity contribution < 1.29 is 26.3 Å². The summed E-state index contributed by atoms with van der Waals surface area (Å²) in [6, 6.07) is 0. The van der Waals surface area contributed by atoms with Gasteiger partial charge in [0.25, 0.3) is 9.24 Å². The Kier molecular flexibility index (Phi) is 10.2. The summed E-state index contributed by atoms with van der Waals surface area (Å²) >= 11 is 0. The van der Waals surface area contributed by atoms with Crippen LogP contribution in [-0.4, -0.2) is 55.2 Å². The molecule has 0 N–H and O–H groups in total. The van der Waals surface area contributed by atoms with Crippen LogP contribution in [0.25, 0.3) is 0 Å². The maximum atomic E-state index is 10.7. The van der Waals surface area contributed by atoms with Gasteiger partial charge in [-0.05, 0) is 0 Å². The smallest absolute Gasteiger partial charge is 0.317 e. The fourth-order valence-electron chi connectivity index (χ4n) is 0.544. The van der Waals surface area contributed by atoms with Gasteiger partial charge in [-0.2, -0.15) is 21.1 Å². The van der Waals surface area contributed by atoms with Crippen molar-refractivity contribution in [2.24, 2.45) is 0 Å². The molecule has 17 heavy (non-hydrogen) atoms. The molecule has 0 saturated heterocycles. The molecule has 0 heterocycles. The average Bonchev–Trinajstić information content (AvgIpc) is 2.09. The molecule has 12 heteroatoms. The van der Waals surface area contributed by atoms with Gasteiger partial charge in [0.2, 0.25) is 0 Å². The van der Waals surface area contributed by atoms with E-state index < -0.39 is 23.8 Å². The Hall–Kier alpha value is 0.650. The van der Waals surface area contributed by atoms with Crippen LogP contribution < -0.4 is 0 Å². The molecule has 0 aliphatic heterocycles. The summed E-state index contributed by atoms with van der Waals surface area (Å²) in [6.45, 7) is 0.0683. The van der Waals surface area contributed by atoms with Crippen LogP contribution >= 0.6 is 32.0 Å². The van der Waals surface area contributed by atoms with Crippen molar-refractivity contribution in [3.63, 3.8) is 0 Å². The van der Waals surface area contributed by atoms with Crippen molar-refractivity contribution in [2.75, 3.05) is 27.8 Å². The summed E-state index contributed by atoms with van der Waals surface area (Å²) in [4.78, 5) is 0. The van der Waals surface area contributed by atoms with Gasteiger partial charge in [0.05, 0.1) is 6.54 Å². The highest BCUT2D eigenvalue weighted by atomic mass is 36.0. The topological polar surface area (TPSA) is 90.0 Å². The highest BCUT2D eigenvalue weighted by Gasteiger charge is 2.18. The zero-order chi connectivity index (χ0) is 14.3. The minimum atomic E-state index is -3.72. The van der Waals surface area contributed by atoms with Gasteiger partial charge in [-0.3, -0.25) is 0 Å². The lowest BCUT2D eigenvalue weighted by molar-refractivity contribution is -0.106. The van der Waals surface area contributed by atoms with Crippen LogP contribution in [0.4, 0.5) is 0 Å². The fourth-order valence-corrected chi connectivity index (χ4v) is 1.01. The molecule has 0 spiro atoms. The largest absolute Gasteiger partial charge is 0.354 e. The Morgan fingerprint density at radius 1 is 1.06 bits per heavy atom. The molecule has 0 rings (SSSR count). The molecule has 0 fully saturated rings. The molecule has 0 aliphatic carbocycles. The van der Waals surface area contributed by atoms with Crippen LogP contribution in [0.3, 0.4) is 0 Å². The lowest BCUT2D eigenvalue weighted by atomic mass is 10.6. The predicted octanol–water partition coefficient (Wildman–Crippen LogP) is 0.730. The third-order valence-corrected chi connectivity index (χ3v) is 2.90. The molecule has 106 valence electrons. The molecule has 0 unspecified atom stereocenters. The van der Waals surface area contributed by atoms with Crippen molar-refractivity contribution >= 4 is 49.5 Å². The van der Waals surface area contributed by atoms with Gasteiger partial charge in [0.15, 0.2) is 6.29 Å². The molecule has 0 radical (unpaired) electrons. The molecule has 0 saturated carbocycles. The Morgan fingerprint density at radius 3 is 1.53 bits per heavy atom. The summed E-state index contributed by atoms with van der Waals surface area (Å²) in [5.74, 6) is 0. The molecular formula is C5H12Cl3NO6S2. The van der Waals surface area contributed by atoms with E-state index in [1.54, 1.807) is 0 Å². The van der Waals surface area contributed by atoms with E-state index in [0.29, 0.717) is 0 Å². The van der Waals surface area contributed by atoms with Gasteiger partial charge < -0.3 is 9.47 Å². The first-order chi connectivity index (χ1) is 7.41. The van der Waals surface area contributed by atoms with Gasteiger partial charge >= 0.3 is 8.26 Å². The second kappa shape index (κ2) is 8.70. The summed E-state index contributed by atoms with van der Waals surface area (Å²) in [5.41, 5.74) is 0. The number of methoxy groups -OCH3 is 2. The number of likely N-dealkylation sites (N-methyl/N-ethyl adjacent to an activating group) is 1. The third-order valence-electron chi connectivity index (χ3n) is 1.30. The van der Waals surface area contributed by atoms with Crippen molar-refractivity contribution in [3.8, 4) is 0 Å². The molecule has 0 amide bonds. The molecule has 0 bridgehead atoms. The Labute approximate surface area is 114 Å². The van der Waals surface area contributed by atoms with Gasteiger partial charge in [-0.15, -0.1) is 0 Å². The van der Waals surface area contributed by atoms with Crippen LogP contribution in [0, 0.1) is 0 Å². The van der Waals surface area contributed by atoms with Crippen molar-refractivity contribution in [1.82, 2.24) is 4.31 Å². The Morgan fingerprint density at radius 2 is 1.35 bits per heavy atom. The molecule has 0 atom stereocenters. The number of hydrogen-bond acceptors (Lipinski definition) is 6. The minimum absolute atomic E-state index is 0.0683.